The van der Waals surface area contributed by atoms with E-state index in [0.29, 0.717) is 48.3 Å². The van der Waals surface area contributed by atoms with Crippen molar-refractivity contribution in [1.82, 2.24) is 16.0 Å². The Bertz CT molecular complexity index is 1590. The van der Waals surface area contributed by atoms with E-state index in [0.717, 1.165) is 13.1 Å². The van der Waals surface area contributed by atoms with E-state index in [4.69, 9.17) is 50.4 Å². The number of carbonyl (C=O) groups is 8. The topological polar surface area (TPSA) is 405 Å². The molecule has 5 atom stereocenters. The van der Waals surface area contributed by atoms with Crippen molar-refractivity contribution in [2.24, 2.45) is 28.5 Å². The van der Waals surface area contributed by atoms with Crippen molar-refractivity contribution in [1.29, 1.82) is 0 Å². The number of esters is 5. The number of thioether (sulfide) groups is 4. The second kappa shape index (κ2) is 57.5. The molecule has 32 heteroatoms. The zero-order chi connectivity index (χ0) is 61.3. The Labute approximate surface area is 534 Å². The summed E-state index contributed by atoms with van der Waals surface area (Å²) in [5.41, 5.74) is 13.7. The number of alkyl carbamates (subject to hydrolysis) is 2. The van der Waals surface area contributed by atoms with E-state index in [1.165, 1.54) is 47.0 Å². The summed E-state index contributed by atoms with van der Waals surface area (Å²) < 4.78 is 42.3. The van der Waals surface area contributed by atoms with Gasteiger partial charge in [0, 0.05) is 98.8 Å². The van der Waals surface area contributed by atoms with Gasteiger partial charge in [-0.2, -0.15) is 56.9 Å². The van der Waals surface area contributed by atoms with Gasteiger partial charge in [-0.1, -0.05) is 13.8 Å². The molecule has 0 heterocycles. The van der Waals surface area contributed by atoms with Gasteiger partial charge in [-0.05, 0) is 82.3 Å². The van der Waals surface area contributed by atoms with E-state index >= 15 is 0 Å². The average Bonchev–Trinajstić information content (AvgIpc) is 3.40. The van der Waals surface area contributed by atoms with Crippen LogP contribution in [-0.4, -0.2) is 230 Å². The van der Waals surface area contributed by atoms with Gasteiger partial charge in [0.05, 0.1) is 50.1 Å². The Morgan fingerprint density at radius 3 is 1.00 bits per heavy atom. The molecular formula is C51H99N6O20PS4U. The summed E-state index contributed by atoms with van der Waals surface area (Å²) >= 11 is 5.36. The third kappa shape index (κ3) is 59.9. The summed E-state index contributed by atoms with van der Waals surface area (Å²) in [6, 6.07) is -0.262. The first-order chi connectivity index (χ1) is 38.4. The number of nitrogens with one attached hydrogen (secondary N) is 3. The molecule has 5 unspecified atom stereocenters. The number of hydrogen-bond donors (Lipinski definition) is 10. The molecule has 0 fully saturated rings. The molecule has 0 aromatic rings. The summed E-state index contributed by atoms with van der Waals surface area (Å²) in [4.78, 5) is 98.5. The smallest absolute Gasteiger partial charge is 0.407 e. The fourth-order valence-electron chi connectivity index (χ4n) is 5.70. The molecule has 0 aromatic heterocycles. The molecular weight excluding hydrogens is 1410 g/mol. The summed E-state index contributed by atoms with van der Waals surface area (Å²) in [7, 11) is 0. The molecule has 0 spiro atoms. The van der Waals surface area contributed by atoms with E-state index in [2.05, 4.69) is 20.7 Å². The second-order valence-corrected chi connectivity index (χ2v) is 24.3. The van der Waals surface area contributed by atoms with Crippen molar-refractivity contribution >= 4 is 105 Å². The number of nitrogens with two attached hydrogens (primary N) is 3. The van der Waals surface area contributed by atoms with Gasteiger partial charge in [0.25, 0.3) is 0 Å². The number of rotatable bonds is 48. The Morgan fingerprint density at radius 1 is 0.446 bits per heavy atom. The minimum Gasteiger partial charge on any atom is -0.465 e. The van der Waals surface area contributed by atoms with Crippen molar-refractivity contribution in [3.8, 4) is 0 Å². The average molecular weight is 1510 g/mol. The molecule has 0 saturated carbocycles. The fraction of sp³-hybridized carbons (Fsp3) is 0.843. The molecule has 0 saturated heterocycles. The molecule has 3 amide bonds. The Kier molecular flexibility index (Phi) is 60.4. The first-order valence-electron chi connectivity index (χ1n) is 27.1. The first kappa shape index (κ1) is 87.2. The molecule has 486 valence electrons. The zero-order valence-electron chi connectivity index (χ0n) is 49.4. The molecule has 0 bridgehead atoms. The molecule has 0 aromatic carbocycles. The summed E-state index contributed by atoms with van der Waals surface area (Å²) in [6.07, 6.45) is -5.00. The van der Waals surface area contributed by atoms with Gasteiger partial charge in [0.1, 0.15) is 58.3 Å². The molecule has 26 nitrogen and oxygen atoms in total. The van der Waals surface area contributed by atoms with Crippen LogP contribution in [0, 0.1) is 42.4 Å². The predicted octanol–water partition coefficient (Wildman–Crippen LogP) is 2.15. The van der Waals surface area contributed by atoms with Crippen LogP contribution in [0.25, 0.3) is 0 Å². The van der Waals surface area contributed by atoms with Crippen molar-refractivity contribution in [3.63, 3.8) is 0 Å². The van der Waals surface area contributed by atoms with E-state index in [1.54, 1.807) is 27.7 Å². The van der Waals surface area contributed by atoms with Gasteiger partial charge in [0.2, 0.25) is 0 Å². The largest absolute Gasteiger partial charge is 0.465 e. The van der Waals surface area contributed by atoms with E-state index in [9.17, 15) is 58.8 Å². The predicted molar refractivity (Wildman–Crippen MR) is 324 cm³/mol. The minimum absolute atomic E-state index is 0. The minimum atomic E-state index is -1.57. The number of carbonyl (C=O) groups excluding carboxylic acids is 8. The van der Waals surface area contributed by atoms with Crippen LogP contribution < -0.4 is 33.2 Å². The standard InChI is InChI=1S/C47H83N3O20S4.C4H13N3.H3P.U/c1-32(2)23-43(59)63-24-35(51)7-15-71-19-11-39(55)67-28-47(29-68-40(56)12-20-72-16-8-36(52)25-64-44(48)60,30-69-41(57)13-21-73-17-9-37(53)26-65-45(61)49-33(3)4)31-70-42(58)14-22-74-18-10-38(54)27-66-46(62)50-34(5)6;5-1-3-7-4-2-6;;/h32-38,51-54H,7-31H2,1-6H3,(H2,48,60)(H,49,61)(H,50,62);7H,1-6H2;1H3;. The van der Waals surface area contributed by atoms with Gasteiger partial charge >= 0.3 is 48.1 Å². The van der Waals surface area contributed by atoms with Crippen LogP contribution in [-0.2, 0) is 61.9 Å². The van der Waals surface area contributed by atoms with Crippen LogP contribution in [0.4, 0.5) is 14.4 Å². The summed E-state index contributed by atoms with van der Waals surface area (Å²) in [5, 5.41) is 48.7. The normalized spacial score (nSPS) is 13.0. The SMILES string of the molecule is CC(C)CC(=O)OCC(O)CCSCCC(=O)OCC(COC(=O)CCSCCC(O)COC(N)=O)(COC(=O)CCSCCC(O)COC(=O)NC(C)C)COC(=O)CCSCCC(O)COC(=O)NC(C)C.NCCNCCN.P.[U]. The number of amides is 3. The van der Waals surface area contributed by atoms with Crippen LogP contribution in [0.5, 0.6) is 0 Å². The van der Waals surface area contributed by atoms with Gasteiger partial charge in [-0.3, -0.25) is 24.0 Å². The van der Waals surface area contributed by atoms with Crippen molar-refractivity contribution in [3.05, 3.63) is 0 Å². The van der Waals surface area contributed by atoms with Crippen molar-refractivity contribution < 1.29 is 128 Å². The quantitative estimate of drug-likeness (QED) is 0.0181. The Balaban J connectivity index is -0.00000324. The monoisotopic (exact) mass is 1510 g/mol. The van der Waals surface area contributed by atoms with Gasteiger partial charge in [-0.15, -0.1) is 0 Å². The summed E-state index contributed by atoms with van der Waals surface area (Å²) in [6.45, 7) is 11.1. The molecule has 13 N–H and O–H groups in total. The van der Waals surface area contributed by atoms with Crippen molar-refractivity contribution in [2.45, 2.75) is 136 Å². The maximum atomic E-state index is 13.1. The molecule has 83 heavy (non-hydrogen) atoms. The molecule has 0 aliphatic rings. The maximum Gasteiger partial charge on any atom is 0.407 e. The number of aliphatic hydroxyl groups is 4. The first-order valence-corrected chi connectivity index (χ1v) is 31.7. The zero-order valence-corrected chi connectivity index (χ0v) is 58.3. The number of primary amides is 1. The van der Waals surface area contributed by atoms with Gasteiger partial charge in [0.15, 0.2) is 0 Å². The fourth-order valence-corrected chi connectivity index (χ4v) is 9.52. The Morgan fingerprint density at radius 2 is 0.735 bits per heavy atom. The van der Waals surface area contributed by atoms with E-state index < -0.39 is 104 Å². The van der Waals surface area contributed by atoms with E-state index in [1.807, 2.05) is 13.8 Å². The van der Waals surface area contributed by atoms with Crippen LogP contribution >= 0.6 is 56.9 Å². The third-order valence-electron chi connectivity index (χ3n) is 10.0. The number of aliphatic hydroxyl groups excluding tert-OH is 4. The third-order valence-corrected chi connectivity index (χ3v) is 14.1. The maximum absolute atomic E-state index is 13.1. The molecule has 0 rings (SSSR count). The van der Waals surface area contributed by atoms with Gasteiger partial charge < -0.3 is 91.5 Å². The van der Waals surface area contributed by atoms with E-state index in [-0.39, 0.29) is 154 Å². The van der Waals surface area contributed by atoms with Crippen LogP contribution in [0.15, 0.2) is 0 Å². The number of ether oxygens (including phenoxy) is 8. The molecule has 0 aliphatic carbocycles. The van der Waals surface area contributed by atoms with Crippen LogP contribution in [0.2, 0.25) is 0 Å². The summed E-state index contributed by atoms with van der Waals surface area (Å²) in [5.74, 6) is -0.121. The van der Waals surface area contributed by atoms with Gasteiger partial charge in [-0.25, -0.2) is 14.4 Å². The Hall–Kier alpha value is -2.24. The molecule has 0 radical (unpaired) electrons. The van der Waals surface area contributed by atoms with Crippen LogP contribution in [0.3, 0.4) is 0 Å². The number of hydrogen-bond acceptors (Lipinski definition) is 27. The molecule has 0 aliphatic heterocycles. The van der Waals surface area contributed by atoms with Crippen molar-refractivity contribution in [2.75, 3.05) is 125 Å². The van der Waals surface area contributed by atoms with Crippen LogP contribution in [0.1, 0.15) is 99.3 Å². The second-order valence-electron chi connectivity index (χ2n) is 19.4.